The van der Waals surface area contributed by atoms with E-state index in [1.54, 1.807) is 5.48 Å². The topological polar surface area (TPSA) is 67.4 Å². The number of para-hydroxylation sites is 1. The molecule has 0 heterocycles. The first-order valence-electron chi connectivity index (χ1n) is 4.66. The van der Waals surface area contributed by atoms with Crippen molar-refractivity contribution in [3.63, 3.8) is 0 Å². The number of benzene rings is 1. The Bertz CT molecular complexity index is 460. The zero-order valence-electron chi connectivity index (χ0n) is 9.17. The van der Waals surface area contributed by atoms with Gasteiger partial charge < -0.3 is 5.32 Å². The zero-order valence-corrected chi connectivity index (χ0v) is 9.17. The van der Waals surface area contributed by atoms with Crippen molar-refractivity contribution in [3.05, 3.63) is 29.8 Å². The lowest BCUT2D eigenvalue weighted by molar-refractivity contribution is -0.143. The van der Waals surface area contributed by atoms with E-state index in [1.807, 2.05) is 5.32 Å². The molecule has 0 atom stereocenters. The molecule has 98 valence electrons. The van der Waals surface area contributed by atoms with Crippen molar-refractivity contribution >= 4 is 17.5 Å². The maximum absolute atomic E-state index is 12.6. The fraction of sp³-hybridized carbons (Fsp3) is 0.200. The Balaban J connectivity index is 2.92. The van der Waals surface area contributed by atoms with E-state index in [0.29, 0.717) is 0 Å². The minimum Gasteiger partial charge on any atom is -0.317 e. The van der Waals surface area contributed by atoms with Crippen LogP contribution in [0.4, 0.5) is 18.9 Å². The summed E-state index contributed by atoms with van der Waals surface area (Å²) >= 11 is 0. The van der Waals surface area contributed by atoms with E-state index < -0.39 is 29.2 Å². The number of alkyl halides is 3. The Morgan fingerprint density at radius 1 is 1.17 bits per heavy atom. The first kappa shape index (κ1) is 14.0. The summed E-state index contributed by atoms with van der Waals surface area (Å²) in [5.41, 5.74) is 0.154. The summed E-state index contributed by atoms with van der Waals surface area (Å²) in [6.07, 6.45) is -4.62. The van der Waals surface area contributed by atoms with Gasteiger partial charge in [-0.2, -0.15) is 13.2 Å². The van der Waals surface area contributed by atoms with Crippen LogP contribution in [0.3, 0.4) is 0 Å². The van der Waals surface area contributed by atoms with Gasteiger partial charge in [0.2, 0.25) is 0 Å². The maximum atomic E-state index is 12.6. The minimum absolute atomic E-state index is 0.499. The molecule has 1 rings (SSSR count). The molecular formula is C10H9F3N2O3. The third-order valence-electron chi connectivity index (χ3n) is 1.88. The lowest BCUT2D eigenvalue weighted by Crippen LogP contribution is -2.35. The maximum Gasteiger partial charge on any atom is 0.418 e. The van der Waals surface area contributed by atoms with Crippen LogP contribution in [0.25, 0.3) is 0 Å². The van der Waals surface area contributed by atoms with Crippen LogP contribution in [0.15, 0.2) is 24.3 Å². The minimum atomic E-state index is -4.62. The number of anilines is 1. The van der Waals surface area contributed by atoms with E-state index in [4.69, 9.17) is 0 Å². The number of hydrogen-bond acceptors (Lipinski definition) is 3. The average Bonchev–Trinajstić information content (AvgIpc) is 2.28. The molecule has 2 amide bonds. The second kappa shape index (κ2) is 5.50. The molecule has 8 heteroatoms. The molecule has 0 spiro atoms. The third kappa shape index (κ3) is 3.45. The fourth-order valence-electron chi connectivity index (χ4n) is 1.16. The number of hydroxylamine groups is 1. The fourth-order valence-corrected chi connectivity index (χ4v) is 1.16. The Morgan fingerprint density at radius 2 is 1.78 bits per heavy atom. The van der Waals surface area contributed by atoms with Gasteiger partial charge in [-0.25, -0.2) is 5.48 Å². The highest BCUT2D eigenvalue weighted by Gasteiger charge is 2.33. The van der Waals surface area contributed by atoms with Crippen molar-refractivity contribution < 1.29 is 27.6 Å². The van der Waals surface area contributed by atoms with Crippen molar-refractivity contribution in [2.75, 3.05) is 12.4 Å². The second-order valence-corrected chi connectivity index (χ2v) is 3.13. The molecule has 0 aliphatic carbocycles. The quantitative estimate of drug-likeness (QED) is 0.624. The van der Waals surface area contributed by atoms with Gasteiger partial charge in [0.1, 0.15) is 0 Å². The van der Waals surface area contributed by atoms with Gasteiger partial charge in [0.05, 0.1) is 18.4 Å². The average molecular weight is 262 g/mol. The van der Waals surface area contributed by atoms with Crippen LogP contribution in [-0.4, -0.2) is 18.9 Å². The summed E-state index contributed by atoms with van der Waals surface area (Å²) in [4.78, 5) is 26.4. The number of amides is 2. The monoisotopic (exact) mass is 262 g/mol. The number of halogens is 3. The molecule has 0 unspecified atom stereocenters. The number of hydrogen-bond donors (Lipinski definition) is 2. The van der Waals surface area contributed by atoms with Crippen molar-refractivity contribution in [2.45, 2.75) is 6.18 Å². The molecular weight excluding hydrogens is 253 g/mol. The van der Waals surface area contributed by atoms with E-state index in [1.165, 1.54) is 12.1 Å². The summed E-state index contributed by atoms with van der Waals surface area (Å²) in [5, 5.41) is 1.85. The van der Waals surface area contributed by atoms with Gasteiger partial charge >= 0.3 is 18.0 Å². The van der Waals surface area contributed by atoms with Crippen molar-refractivity contribution in [2.24, 2.45) is 0 Å². The second-order valence-electron chi connectivity index (χ2n) is 3.13. The van der Waals surface area contributed by atoms with E-state index in [2.05, 4.69) is 4.84 Å². The molecule has 0 fully saturated rings. The Hall–Kier alpha value is -2.09. The largest absolute Gasteiger partial charge is 0.418 e. The zero-order chi connectivity index (χ0) is 13.8. The summed E-state index contributed by atoms with van der Waals surface area (Å²) < 4.78 is 37.7. The number of nitrogens with one attached hydrogen (secondary N) is 2. The molecule has 5 nitrogen and oxygen atoms in total. The molecule has 0 aliphatic heterocycles. The van der Waals surface area contributed by atoms with Gasteiger partial charge in [0, 0.05) is 0 Å². The smallest absolute Gasteiger partial charge is 0.317 e. The third-order valence-corrected chi connectivity index (χ3v) is 1.88. The van der Waals surface area contributed by atoms with Gasteiger partial charge in [0.15, 0.2) is 0 Å². The molecule has 2 N–H and O–H groups in total. The summed E-state index contributed by atoms with van der Waals surface area (Å²) in [5.74, 6) is -2.46. The SMILES string of the molecule is CONC(=O)C(=O)Nc1ccccc1C(F)(F)F. The van der Waals surface area contributed by atoms with Gasteiger partial charge in [-0.1, -0.05) is 12.1 Å². The summed E-state index contributed by atoms with van der Waals surface area (Å²) in [6, 6.07) is 4.32. The molecule has 0 aliphatic rings. The highest BCUT2D eigenvalue weighted by molar-refractivity contribution is 6.39. The van der Waals surface area contributed by atoms with E-state index in [9.17, 15) is 22.8 Å². The van der Waals surface area contributed by atoms with Crippen molar-refractivity contribution in [1.29, 1.82) is 0 Å². The highest BCUT2D eigenvalue weighted by atomic mass is 19.4. The molecule has 0 saturated carbocycles. The van der Waals surface area contributed by atoms with Crippen LogP contribution in [0.2, 0.25) is 0 Å². The molecule has 1 aromatic rings. The van der Waals surface area contributed by atoms with E-state index in [-0.39, 0.29) is 0 Å². The van der Waals surface area contributed by atoms with Gasteiger partial charge in [-0.05, 0) is 12.1 Å². The van der Waals surface area contributed by atoms with E-state index >= 15 is 0 Å². The van der Waals surface area contributed by atoms with E-state index in [0.717, 1.165) is 19.2 Å². The Kier molecular flexibility index (Phi) is 4.27. The Morgan fingerprint density at radius 3 is 2.33 bits per heavy atom. The van der Waals surface area contributed by atoms with Gasteiger partial charge in [0.25, 0.3) is 0 Å². The summed E-state index contributed by atoms with van der Waals surface area (Å²) in [7, 11) is 1.09. The first-order chi connectivity index (χ1) is 8.36. The van der Waals surface area contributed by atoms with Crippen molar-refractivity contribution in [3.8, 4) is 0 Å². The lowest BCUT2D eigenvalue weighted by atomic mass is 10.1. The van der Waals surface area contributed by atoms with Crippen LogP contribution in [0.5, 0.6) is 0 Å². The van der Waals surface area contributed by atoms with Crippen LogP contribution in [0.1, 0.15) is 5.56 Å². The highest BCUT2D eigenvalue weighted by Crippen LogP contribution is 2.34. The molecule has 0 radical (unpaired) electrons. The molecule has 0 bridgehead atoms. The lowest BCUT2D eigenvalue weighted by Gasteiger charge is -2.12. The normalized spacial score (nSPS) is 10.9. The molecule has 0 aromatic heterocycles. The van der Waals surface area contributed by atoms with Crippen LogP contribution >= 0.6 is 0 Å². The summed E-state index contributed by atoms with van der Waals surface area (Å²) in [6.45, 7) is 0. The van der Waals surface area contributed by atoms with Gasteiger partial charge in [-0.15, -0.1) is 0 Å². The number of carbonyl (C=O) groups is 2. The van der Waals surface area contributed by atoms with Gasteiger partial charge in [-0.3, -0.25) is 14.4 Å². The number of carbonyl (C=O) groups excluding carboxylic acids is 2. The van der Waals surface area contributed by atoms with Crippen molar-refractivity contribution in [1.82, 2.24) is 5.48 Å². The Labute approximate surface area is 99.9 Å². The molecule has 0 saturated heterocycles. The van der Waals surface area contributed by atoms with Crippen LogP contribution < -0.4 is 10.8 Å². The van der Waals surface area contributed by atoms with Crippen LogP contribution in [-0.2, 0) is 20.6 Å². The molecule has 1 aromatic carbocycles. The predicted molar refractivity (Wildman–Crippen MR) is 55.2 cm³/mol. The van der Waals surface area contributed by atoms with Crippen LogP contribution in [0, 0.1) is 0 Å². The number of rotatable bonds is 2. The predicted octanol–water partition coefficient (Wildman–Crippen LogP) is 1.32. The standard InChI is InChI=1S/C10H9F3N2O3/c1-18-15-9(17)8(16)14-7-5-3-2-4-6(7)10(11,12)13/h2-5H,1H3,(H,14,16)(H,15,17). The molecule has 18 heavy (non-hydrogen) atoms. The first-order valence-corrected chi connectivity index (χ1v) is 4.66.